The monoisotopic (exact) mass is 306 g/mol. The second-order valence-corrected chi connectivity index (χ2v) is 5.74. The van der Waals surface area contributed by atoms with Crippen molar-refractivity contribution in [2.45, 2.75) is 26.5 Å². The van der Waals surface area contributed by atoms with Gasteiger partial charge in [-0.3, -0.25) is 4.90 Å². The maximum Gasteiger partial charge on any atom is 0.0845 e. The summed E-state index contributed by atoms with van der Waals surface area (Å²) in [6, 6.07) is 8.21. The standard InChI is InChI=1S/C17H26N2O3/c1-13-14(2)19(17-6-4-3-5-16(13)17)12-15(22)11-18(7-9-20)8-10-21/h3-6,15,20-22H,7-12H2,1-2H3/t15-/m1/s1. The molecule has 0 radical (unpaired) electrons. The summed E-state index contributed by atoms with van der Waals surface area (Å²) in [4.78, 5) is 1.87. The van der Waals surface area contributed by atoms with Crippen molar-refractivity contribution in [3.05, 3.63) is 35.5 Å². The minimum atomic E-state index is -0.549. The molecule has 0 fully saturated rings. The number of aliphatic hydroxyl groups excluding tert-OH is 3. The Kier molecular flexibility index (Phi) is 5.97. The van der Waals surface area contributed by atoms with Gasteiger partial charge in [0, 0.05) is 36.2 Å². The number of aromatic nitrogens is 1. The lowest BCUT2D eigenvalue weighted by atomic mass is 10.2. The minimum Gasteiger partial charge on any atom is -0.395 e. The quantitative estimate of drug-likeness (QED) is 0.678. The Labute approximate surface area is 131 Å². The molecule has 0 bridgehead atoms. The van der Waals surface area contributed by atoms with Gasteiger partial charge in [-0.1, -0.05) is 18.2 Å². The number of aryl methyl sites for hydroxylation is 1. The Hall–Kier alpha value is -1.40. The molecule has 0 aliphatic rings. The molecule has 22 heavy (non-hydrogen) atoms. The van der Waals surface area contributed by atoms with Gasteiger partial charge in [0.2, 0.25) is 0 Å². The first kappa shape index (κ1) is 17.0. The van der Waals surface area contributed by atoms with E-state index in [1.807, 2.05) is 17.0 Å². The SMILES string of the molecule is Cc1c(C)n(C[C@H](O)CN(CCO)CCO)c2ccccc12. The summed E-state index contributed by atoms with van der Waals surface area (Å²) in [5, 5.41) is 29.7. The first-order chi connectivity index (χ1) is 10.6. The molecule has 1 atom stereocenters. The maximum atomic E-state index is 10.4. The summed E-state index contributed by atoms with van der Waals surface area (Å²) in [7, 11) is 0. The van der Waals surface area contributed by atoms with E-state index in [1.54, 1.807) is 0 Å². The molecule has 0 saturated carbocycles. The average Bonchev–Trinajstić information content (AvgIpc) is 2.73. The molecular weight excluding hydrogens is 280 g/mol. The highest BCUT2D eigenvalue weighted by atomic mass is 16.3. The number of hydrogen-bond acceptors (Lipinski definition) is 4. The van der Waals surface area contributed by atoms with Crippen molar-refractivity contribution in [3.8, 4) is 0 Å². The summed E-state index contributed by atoms with van der Waals surface area (Å²) in [6.07, 6.45) is -0.549. The fraction of sp³-hybridized carbons (Fsp3) is 0.529. The summed E-state index contributed by atoms with van der Waals surface area (Å²) in [6.45, 7) is 6.09. The number of nitrogens with zero attached hydrogens (tertiary/aromatic N) is 2. The van der Waals surface area contributed by atoms with E-state index >= 15 is 0 Å². The molecule has 0 aliphatic carbocycles. The summed E-state index contributed by atoms with van der Waals surface area (Å²) in [5.74, 6) is 0. The van der Waals surface area contributed by atoms with E-state index in [4.69, 9.17) is 10.2 Å². The molecule has 122 valence electrons. The van der Waals surface area contributed by atoms with Crippen LogP contribution in [-0.4, -0.2) is 63.7 Å². The van der Waals surface area contributed by atoms with Crippen molar-refractivity contribution in [2.24, 2.45) is 0 Å². The van der Waals surface area contributed by atoms with Gasteiger partial charge < -0.3 is 19.9 Å². The Morgan fingerprint density at radius 2 is 1.73 bits per heavy atom. The van der Waals surface area contributed by atoms with E-state index < -0.39 is 6.10 Å². The largest absolute Gasteiger partial charge is 0.395 e. The van der Waals surface area contributed by atoms with Gasteiger partial charge in [-0.05, 0) is 25.5 Å². The molecule has 2 rings (SSSR count). The highest BCUT2D eigenvalue weighted by Crippen LogP contribution is 2.25. The molecule has 3 N–H and O–H groups in total. The van der Waals surface area contributed by atoms with Crippen LogP contribution in [0.15, 0.2) is 24.3 Å². The number of para-hydroxylation sites is 1. The van der Waals surface area contributed by atoms with E-state index in [-0.39, 0.29) is 13.2 Å². The first-order valence-electron chi connectivity index (χ1n) is 7.75. The molecule has 1 aromatic carbocycles. The van der Waals surface area contributed by atoms with Crippen LogP contribution >= 0.6 is 0 Å². The molecular formula is C17H26N2O3. The van der Waals surface area contributed by atoms with Gasteiger partial charge in [-0.2, -0.15) is 0 Å². The molecule has 0 saturated heterocycles. The lowest BCUT2D eigenvalue weighted by Crippen LogP contribution is -2.38. The van der Waals surface area contributed by atoms with Crippen molar-refractivity contribution in [2.75, 3.05) is 32.8 Å². The van der Waals surface area contributed by atoms with Crippen LogP contribution in [-0.2, 0) is 6.54 Å². The van der Waals surface area contributed by atoms with Gasteiger partial charge in [0.25, 0.3) is 0 Å². The fourth-order valence-corrected chi connectivity index (χ4v) is 2.98. The third-order valence-corrected chi connectivity index (χ3v) is 4.24. The van der Waals surface area contributed by atoms with Crippen molar-refractivity contribution >= 4 is 10.9 Å². The fourth-order valence-electron chi connectivity index (χ4n) is 2.98. The predicted molar refractivity (Wildman–Crippen MR) is 88.0 cm³/mol. The van der Waals surface area contributed by atoms with Crippen molar-refractivity contribution in [1.82, 2.24) is 9.47 Å². The number of fused-ring (bicyclic) bond motifs is 1. The smallest absolute Gasteiger partial charge is 0.0845 e. The molecule has 0 spiro atoms. The van der Waals surface area contributed by atoms with Crippen molar-refractivity contribution in [3.63, 3.8) is 0 Å². The second-order valence-electron chi connectivity index (χ2n) is 5.74. The normalized spacial score (nSPS) is 13.2. The van der Waals surface area contributed by atoms with Crippen molar-refractivity contribution < 1.29 is 15.3 Å². The lowest BCUT2D eigenvalue weighted by Gasteiger charge is -2.24. The summed E-state index contributed by atoms with van der Waals surface area (Å²) in [5.41, 5.74) is 3.54. The van der Waals surface area contributed by atoms with Crippen LogP contribution < -0.4 is 0 Å². The number of benzene rings is 1. The third kappa shape index (κ3) is 3.67. The lowest BCUT2D eigenvalue weighted by molar-refractivity contribution is 0.0777. The number of aliphatic hydroxyl groups is 3. The first-order valence-corrected chi connectivity index (χ1v) is 7.75. The molecule has 5 heteroatoms. The molecule has 0 aliphatic heterocycles. The van der Waals surface area contributed by atoms with Gasteiger partial charge in [0.05, 0.1) is 25.9 Å². The Bertz CT molecular complexity index is 603. The van der Waals surface area contributed by atoms with Crippen LogP contribution in [0, 0.1) is 13.8 Å². The van der Waals surface area contributed by atoms with Crippen LogP contribution in [0.4, 0.5) is 0 Å². The zero-order chi connectivity index (χ0) is 16.1. The van der Waals surface area contributed by atoms with Gasteiger partial charge in [-0.25, -0.2) is 0 Å². The zero-order valence-electron chi connectivity index (χ0n) is 13.4. The van der Waals surface area contributed by atoms with E-state index in [0.29, 0.717) is 26.2 Å². The van der Waals surface area contributed by atoms with E-state index in [9.17, 15) is 5.11 Å². The van der Waals surface area contributed by atoms with Gasteiger partial charge >= 0.3 is 0 Å². The molecule has 0 amide bonds. The van der Waals surface area contributed by atoms with E-state index in [0.717, 1.165) is 11.2 Å². The highest BCUT2D eigenvalue weighted by Gasteiger charge is 2.16. The van der Waals surface area contributed by atoms with E-state index in [2.05, 4.69) is 30.5 Å². The van der Waals surface area contributed by atoms with Crippen LogP contribution in [0.25, 0.3) is 10.9 Å². The third-order valence-electron chi connectivity index (χ3n) is 4.24. The predicted octanol–water partition coefficient (Wildman–Crippen LogP) is 0.906. The Balaban J connectivity index is 2.14. The Morgan fingerprint density at radius 3 is 2.36 bits per heavy atom. The Morgan fingerprint density at radius 1 is 1.09 bits per heavy atom. The van der Waals surface area contributed by atoms with Crippen molar-refractivity contribution in [1.29, 1.82) is 0 Å². The number of hydrogen-bond donors (Lipinski definition) is 3. The number of rotatable bonds is 8. The van der Waals surface area contributed by atoms with Gasteiger partial charge in [0.15, 0.2) is 0 Å². The maximum absolute atomic E-state index is 10.4. The van der Waals surface area contributed by atoms with E-state index in [1.165, 1.54) is 10.9 Å². The van der Waals surface area contributed by atoms with Crippen LogP contribution in [0.2, 0.25) is 0 Å². The molecule has 1 heterocycles. The van der Waals surface area contributed by atoms with Gasteiger partial charge in [0.1, 0.15) is 0 Å². The zero-order valence-corrected chi connectivity index (χ0v) is 13.4. The highest BCUT2D eigenvalue weighted by molar-refractivity contribution is 5.85. The molecule has 5 nitrogen and oxygen atoms in total. The minimum absolute atomic E-state index is 0.0251. The summed E-state index contributed by atoms with van der Waals surface area (Å²) < 4.78 is 2.14. The average molecular weight is 306 g/mol. The van der Waals surface area contributed by atoms with Crippen LogP contribution in [0.5, 0.6) is 0 Å². The van der Waals surface area contributed by atoms with Crippen LogP contribution in [0.1, 0.15) is 11.3 Å². The molecule has 0 unspecified atom stereocenters. The molecule has 1 aromatic heterocycles. The summed E-state index contributed by atoms with van der Waals surface area (Å²) >= 11 is 0. The second kappa shape index (κ2) is 7.74. The van der Waals surface area contributed by atoms with Gasteiger partial charge in [-0.15, -0.1) is 0 Å². The topological polar surface area (TPSA) is 68.9 Å². The molecule has 2 aromatic rings. The van der Waals surface area contributed by atoms with Crippen LogP contribution in [0.3, 0.4) is 0 Å².